The van der Waals surface area contributed by atoms with E-state index in [4.69, 9.17) is 4.74 Å². The molecule has 1 amide bonds. The number of benzene rings is 2. The third kappa shape index (κ3) is 4.31. The number of aromatic nitrogens is 4. The number of amides is 1. The monoisotopic (exact) mass is 526 g/mol. The Hall–Kier alpha value is -4.48. The average molecular weight is 527 g/mol. The van der Waals surface area contributed by atoms with Gasteiger partial charge in [0.05, 0.1) is 30.7 Å². The summed E-state index contributed by atoms with van der Waals surface area (Å²) in [6.45, 7) is 1.67. The van der Waals surface area contributed by atoms with Crippen LogP contribution in [0, 0.1) is 6.92 Å². The fraction of sp³-hybridized carbons (Fsp3) is 0.269. The SMILES string of the molecule is COc1ccc([C@H]2C[C@H](C(F)(F)F)n3ncc(C(=O)Nc4c(C)n(C)n(-c5ccccc5)c4=O)c3N2)cc1. The van der Waals surface area contributed by atoms with Crippen molar-refractivity contribution in [1.29, 1.82) is 0 Å². The van der Waals surface area contributed by atoms with E-state index in [1.807, 2.05) is 6.07 Å². The van der Waals surface area contributed by atoms with E-state index in [9.17, 15) is 22.8 Å². The molecule has 1 aliphatic rings. The molecule has 9 nitrogen and oxygen atoms in total. The molecule has 2 aromatic carbocycles. The first-order chi connectivity index (χ1) is 18.1. The predicted molar refractivity (Wildman–Crippen MR) is 135 cm³/mol. The van der Waals surface area contributed by atoms with Crippen molar-refractivity contribution < 1.29 is 22.7 Å². The summed E-state index contributed by atoms with van der Waals surface area (Å²) in [5, 5.41) is 9.55. The second-order valence-corrected chi connectivity index (χ2v) is 9.01. The van der Waals surface area contributed by atoms with Gasteiger partial charge in [0.15, 0.2) is 6.04 Å². The maximum absolute atomic E-state index is 14.0. The molecule has 12 heteroatoms. The quantitative estimate of drug-likeness (QED) is 0.396. The van der Waals surface area contributed by atoms with Gasteiger partial charge in [0, 0.05) is 13.5 Å². The average Bonchev–Trinajstić information content (AvgIpc) is 3.42. The fourth-order valence-corrected chi connectivity index (χ4v) is 4.68. The summed E-state index contributed by atoms with van der Waals surface area (Å²) in [5.41, 5.74) is 1.13. The first-order valence-corrected chi connectivity index (χ1v) is 11.8. The topological polar surface area (TPSA) is 95.1 Å². The number of nitrogens with one attached hydrogen (secondary N) is 2. The summed E-state index contributed by atoms with van der Waals surface area (Å²) in [4.78, 5) is 26.5. The smallest absolute Gasteiger partial charge is 0.410 e. The largest absolute Gasteiger partial charge is 0.497 e. The van der Waals surface area contributed by atoms with Gasteiger partial charge < -0.3 is 15.4 Å². The van der Waals surface area contributed by atoms with Gasteiger partial charge in [0.25, 0.3) is 11.5 Å². The first kappa shape index (κ1) is 25.2. The molecule has 4 aromatic rings. The summed E-state index contributed by atoms with van der Waals surface area (Å²) in [6.07, 6.45) is -3.83. The number of alkyl halides is 3. The molecule has 2 aromatic heterocycles. The van der Waals surface area contributed by atoms with Crippen molar-refractivity contribution in [3.05, 3.63) is 88.0 Å². The highest BCUT2D eigenvalue weighted by atomic mass is 19.4. The van der Waals surface area contributed by atoms with Crippen LogP contribution >= 0.6 is 0 Å². The minimum atomic E-state index is -4.60. The van der Waals surface area contributed by atoms with Crippen LogP contribution in [0.3, 0.4) is 0 Å². The first-order valence-electron chi connectivity index (χ1n) is 11.8. The molecule has 0 saturated heterocycles. The molecule has 0 aliphatic carbocycles. The molecule has 0 radical (unpaired) electrons. The number of hydrogen-bond acceptors (Lipinski definition) is 5. The van der Waals surface area contributed by atoms with Crippen molar-refractivity contribution in [2.75, 3.05) is 17.7 Å². The van der Waals surface area contributed by atoms with Crippen LogP contribution in [0.4, 0.5) is 24.7 Å². The number of carbonyl (C=O) groups is 1. The van der Waals surface area contributed by atoms with E-state index in [1.54, 1.807) is 67.2 Å². The summed E-state index contributed by atoms with van der Waals surface area (Å²) in [7, 11) is 3.18. The second kappa shape index (κ2) is 9.43. The van der Waals surface area contributed by atoms with Crippen LogP contribution in [0.15, 0.2) is 65.6 Å². The van der Waals surface area contributed by atoms with E-state index < -0.39 is 29.7 Å². The molecule has 0 fully saturated rings. The molecule has 38 heavy (non-hydrogen) atoms. The van der Waals surface area contributed by atoms with Gasteiger partial charge in [-0.3, -0.25) is 14.3 Å². The number of hydrogen-bond donors (Lipinski definition) is 2. The number of methoxy groups -OCH3 is 1. The lowest BCUT2D eigenvalue weighted by Crippen LogP contribution is -2.36. The van der Waals surface area contributed by atoms with Gasteiger partial charge in [-0.2, -0.15) is 18.3 Å². The molecular weight excluding hydrogens is 501 g/mol. The third-order valence-corrected chi connectivity index (χ3v) is 6.79. The highest BCUT2D eigenvalue weighted by Gasteiger charge is 2.47. The van der Waals surface area contributed by atoms with Gasteiger partial charge in [-0.25, -0.2) is 9.36 Å². The number of nitrogens with zero attached hydrogens (tertiary/aromatic N) is 4. The fourth-order valence-electron chi connectivity index (χ4n) is 4.68. The third-order valence-electron chi connectivity index (χ3n) is 6.79. The number of para-hydroxylation sites is 1. The van der Waals surface area contributed by atoms with Crippen LogP contribution in [0.1, 0.15) is 40.1 Å². The molecule has 0 saturated carbocycles. The Morgan fingerprint density at radius 1 is 1.13 bits per heavy atom. The molecule has 1 aliphatic heterocycles. The standard InChI is InChI=1S/C26H25F3N6O3/c1-15-22(25(37)35(33(15)2)17-7-5-4-6-8-17)32-24(36)19-14-30-34-21(26(27,28)29)13-20(31-23(19)34)16-9-11-18(38-3)12-10-16/h4-12,14,20-21,31H,13H2,1-3H3,(H,32,36)/t20-,21-/m1/s1. The molecular formula is C26H25F3N6O3. The Balaban J connectivity index is 1.50. The predicted octanol–water partition coefficient (Wildman–Crippen LogP) is 4.60. The van der Waals surface area contributed by atoms with E-state index >= 15 is 0 Å². The summed E-state index contributed by atoms with van der Waals surface area (Å²) < 4.78 is 51.1. The molecule has 3 heterocycles. The normalized spacial score (nSPS) is 17.0. The van der Waals surface area contributed by atoms with E-state index in [0.717, 1.165) is 10.9 Å². The lowest BCUT2D eigenvalue weighted by Gasteiger charge is -2.34. The number of carbonyl (C=O) groups excluding carboxylic acids is 1. The zero-order valence-electron chi connectivity index (χ0n) is 20.8. The zero-order valence-corrected chi connectivity index (χ0v) is 20.8. The highest BCUT2D eigenvalue weighted by Crippen LogP contribution is 2.44. The van der Waals surface area contributed by atoms with Crippen molar-refractivity contribution >= 4 is 17.4 Å². The van der Waals surface area contributed by atoms with E-state index in [1.165, 1.54) is 11.8 Å². The highest BCUT2D eigenvalue weighted by molar-refractivity contribution is 6.07. The van der Waals surface area contributed by atoms with Crippen molar-refractivity contribution in [3.8, 4) is 11.4 Å². The number of fused-ring (bicyclic) bond motifs is 1. The molecule has 0 unspecified atom stereocenters. The van der Waals surface area contributed by atoms with E-state index in [2.05, 4.69) is 15.7 Å². The van der Waals surface area contributed by atoms with Gasteiger partial charge in [-0.1, -0.05) is 30.3 Å². The maximum atomic E-state index is 14.0. The van der Waals surface area contributed by atoms with Crippen LogP contribution in [0.25, 0.3) is 5.69 Å². The molecule has 2 atom stereocenters. The summed E-state index contributed by atoms with van der Waals surface area (Å²) in [5.74, 6) is -0.253. The number of anilines is 2. The minimum Gasteiger partial charge on any atom is -0.497 e. The summed E-state index contributed by atoms with van der Waals surface area (Å²) in [6, 6.07) is 12.9. The van der Waals surface area contributed by atoms with Gasteiger partial charge in [0.1, 0.15) is 22.8 Å². The number of rotatable bonds is 5. The van der Waals surface area contributed by atoms with Gasteiger partial charge in [-0.05, 0) is 36.8 Å². The van der Waals surface area contributed by atoms with Crippen LogP contribution < -0.4 is 20.9 Å². The van der Waals surface area contributed by atoms with Crippen LogP contribution in [-0.4, -0.2) is 38.3 Å². The Labute approximate surface area is 215 Å². The Bertz CT molecular complexity index is 1540. The van der Waals surface area contributed by atoms with Crippen LogP contribution in [-0.2, 0) is 7.05 Å². The molecule has 198 valence electrons. The van der Waals surface area contributed by atoms with Crippen molar-refractivity contribution in [1.82, 2.24) is 19.1 Å². The van der Waals surface area contributed by atoms with E-state index in [0.29, 0.717) is 22.7 Å². The van der Waals surface area contributed by atoms with Crippen molar-refractivity contribution in [2.45, 2.75) is 31.6 Å². The molecule has 2 N–H and O–H groups in total. The van der Waals surface area contributed by atoms with Gasteiger partial charge in [-0.15, -0.1) is 0 Å². The minimum absolute atomic E-state index is 0.0242. The number of halogens is 3. The van der Waals surface area contributed by atoms with Gasteiger partial charge in [0.2, 0.25) is 0 Å². The molecule has 0 bridgehead atoms. The Kier molecular flexibility index (Phi) is 6.25. The second-order valence-electron chi connectivity index (χ2n) is 9.01. The summed E-state index contributed by atoms with van der Waals surface area (Å²) >= 11 is 0. The van der Waals surface area contributed by atoms with E-state index in [-0.39, 0.29) is 23.5 Å². The number of ether oxygens (including phenoxy) is 1. The maximum Gasteiger partial charge on any atom is 0.410 e. The molecule has 5 rings (SSSR count). The van der Waals surface area contributed by atoms with Crippen molar-refractivity contribution in [2.24, 2.45) is 7.05 Å². The van der Waals surface area contributed by atoms with Gasteiger partial charge >= 0.3 is 6.18 Å². The van der Waals surface area contributed by atoms with Crippen LogP contribution in [0.5, 0.6) is 5.75 Å². The zero-order chi connectivity index (χ0) is 27.2. The lowest BCUT2D eigenvalue weighted by molar-refractivity contribution is -0.173. The molecule has 0 spiro atoms. The lowest BCUT2D eigenvalue weighted by atomic mass is 9.96. The van der Waals surface area contributed by atoms with Crippen molar-refractivity contribution in [3.63, 3.8) is 0 Å². The Morgan fingerprint density at radius 3 is 2.45 bits per heavy atom. The Morgan fingerprint density at radius 2 is 1.82 bits per heavy atom. The van der Waals surface area contributed by atoms with Crippen LogP contribution in [0.2, 0.25) is 0 Å².